The van der Waals surface area contributed by atoms with Crippen molar-refractivity contribution in [2.75, 3.05) is 5.32 Å². The molecule has 3 rings (SSSR count). The van der Waals surface area contributed by atoms with Gasteiger partial charge in [0.05, 0.1) is 5.69 Å². The maximum atomic E-state index is 11.8. The Hall–Kier alpha value is -2.56. The quantitative estimate of drug-likeness (QED) is 0.813. The molecule has 0 radical (unpaired) electrons. The van der Waals surface area contributed by atoms with E-state index in [0.29, 0.717) is 11.4 Å². The van der Waals surface area contributed by atoms with Gasteiger partial charge in [-0.05, 0) is 61.9 Å². The molecule has 1 aliphatic carbocycles. The molecule has 0 spiro atoms. The molecule has 0 atom stereocenters. The number of benzene rings is 1. The molecule has 0 saturated heterocycles. The Kier molecular flexibility index (Phi) is 3.71. The number of aromatic nitrogens is 1. The van der Waals surface area contributed by atoms with Crippen molar-refractivity contribution in [1.29, 1.82) is 0 Å². The first kappa shape index (κ1) is 14.4. The number of carboxylic acid groups (broad SMARTS) is 1. The van der Waals surface area contributed by atoms with Gasteiger partial charge in [-0.1, -0.05) is 6.07 Å². The van der Waals surface area contributed by atoms with Crippen molar-refractivity contribution in [2.45, 2.75) is 32.6 Å². The minimum absolute atomic E-state index is 0.261. The number of aryl methyl sites for hydroxylation is 3. The van der Waals surface area contributed by atoms with Crippen LogP contribution in [0, 0.1) is 6.92 Å². The first-order valence-corrected chi connectivity index (χ1v) is 7.40. The summed E-state index contributed by atoms with van der Waals surface area (Å²) in [5.74, 6) is -1.23. The standard InChI is InChI=1S/C17H18N2O3/c1-10-8-14(15(17(21)22)16(20)18-10)19-13-7-6-11-4-2-3-5-12(11)9-13/h6-9H,2-5H2,1H3,(H,21,22)(H2,18,19,20). The number of aromatic carboxylic acids is 1. The van der Waals surface area contributed by atoms with Crippen LogP contribution < -0.4 is 10.9 Å². The molecule has 1 heterocycles. The molecule has 0 unspecified atom stereocenters. The minimum Gasteiger partial charge on any atom is -0.477 e. The Morgan fingerprint density at radius 2 is 1.91 bits per heavy atom. The fraction of sp³-hybridized carbons (Fsp3) is 0.294. The average molecular weight is 298 g/mol. The average Bonchev–Trinajstić information content (AvgIpc) is 2.46. The number of fused-ring (bicyclic) bond motifs is 1. The zero-order chi connectivity index (χ0) is 15.7. The van der Waals surface area contributed by atoms with E-state index in [1.165, 1.54) is 24.0 Å². The molecule has 22 heavy (non-hydrogen) atoms. The van der Waals surface area contributed by atoms with Crippen molar-refractivity contribution >= 4 is 17.3 Å². The van der Waals surface area contributed by atoms with Crippen LogP contribution in [0.2, 0.25) is 0 Å². The third kappa shape index (κ3) is 2.74. The lowest BCUT2D eigenvalue weighted by Crippen LogP contribution is -2.20. The molecular formula is C17H18N2O3. The number of H-pyrrole nitrogens is 1. The molecule has 3 N–H and O–H groups in total. The Morgan fingerprint density at radius 1 is 1.18 bits per heavy atom. The second kappa shape index (κ2) is 5.67. The number of anilines is 2. The van der Waals surface area contributed by atoms with E-state index in [9.17, 15) is 14.7 Å². The largest absolute Gasteiger partial charge is 0.477 e. The number of rotatable bonds is 3. The molecule has 0 fully saturated rings. The molecule has 5 heteroatoms. The van der Waals surface area contributed by atoms with E-state index in [2.05, 4.69) is 22.4 Å². The van der Waals surface area contributed by atoms with E-state index in [1.807, 2.05) is 6.07 Å². The normalized spacial score (nSPS) is 13.5. The molecule has 1 aliphatic rings. The van der Waals surface area contributed by atoms with Crippen LogP contribution in [0.5, 0.6) is 0 Å². The highest BCUT2D eigenvalue weighted by Crippen LogP contribution is 2.26. The lowest BCUT2D eigenvalue weighted by Gasteiger charge is -2.17. The Labute approximate surface area is 128 Å². The molecule has 1 aromatic carbocycles. The number of aromatic amines is 1. The van der Waals surface area contributed by atoms with Crippen molar-refractivity contribution in [3.05, 3.63) is 57.0 Å². The summed E-state index contributed by atoms with van der Waals surface area (Å²) in [5, 5.41) is 12.3. The number of nitrogens with one attached hydrogen (secondary N) is 2. The summed E-state index contributed by atoms with van der Waals surface area (Å²) in [4.78, 5) is 25.7. The number of carbonyl (C=O) groups is 1. The van der Waals surface area contributed by atoms with Gasteiger partial charge in [-0.3, -0.25) is 4.79 Å². The summed E-state index contributed by atoms with van der Waals surface area (Å²) in [6.07, 6.45) is 4.54. The van der Waals surface area contributed by atoms with Crippen molar-refractivity contribution in [2.24, 2.45) is 0 Å². The van der Waals surface area contributed by atoms with Gasteiger partial charge in [-0.2, -0.15) is 0 Å². The summed E-state index contributed by atoms with van der Waals surface area (Å²) in [7, 11) is 0. The van der Waals surface area contributed by atoms with Gasteiger partial charge in [0.2, 0.25) is 0 Å². The summed E-state index contributed by atoms with van der Waals surface area (Å²) in [6.45, 7) is 1.73. The van der Waals surface area contributed by atoms with Crippen LogP contribution in [0.3, 0.4) is 0 Å². The van der Waals surface area contributed by atoms with Crippen molar-refractivity contribution in [3.63, 3.8) is 0 Å². The van der Waals surface area contributed by atoms with E-state index >= 15 is 0 Å². The zero-order valence-corrected chi connectivity index (χ0v) is 12.4. The summed E-state index contributed by atoms with van der Waals surface area (Å²) < 4.78 is 0. The number of hydrogen-bond donors (Lipinski definition) is 3. The molecule has 114 valence electrons. The van der Waals surface area contributed by atoms with Crippen molar-refractivity contribution in [1.82, 2.24) is 4.98 Å². The summed E-state index contributed by atoms with van der Waals surface area (Å²) in [6, 6.07) is 7.71. The van der Waals surface area contributed by atoms with Gasteiger partial charge in [0.15, 0.2) is 0 Å². The fourth-order valence-electron chi connectivity index (χ4n) is 2.97. The third-order valence-electron chi connectivity index (χ3n) is 4.01. The molecule has 0 amide bonds. The highest BCUT2D eigenvalue weighted by Gasteiger charge is 2.16. The summed E-state index contributed by atoms with van der Waals surface area (Å²) in [5.41, 5.74) is 3.57. The van der Waals surface area contributed by atoms with E-state index < -0.39 is 11.5 Å². The number of hydrogen-bond acceptors (Lipinski definition) is 3. The first-order chi connectivity index (χ1) is 10.5. The van der Waals surface area contributed by atoms with E-state index in [0.717, 1.165) is 18.5 Å². The SMILES string of the molecule is Cc1cc(Nc2ccc3c(c2)CCCC3)c(C(=O)O)c(=O)[nH]1. The van der Waals surface area contributed by atoms with Crippen LogP contribution in [0.25, 0.3) is 0 Å². The first-order valence-electron chi connectivity index (χ1n) is 7.40. The maximum Gasteiger partial charge on any atom is 0.343 e. The second-order valence-corrected chi connectivity index (χ2v) is 5.69. The van der Waals surface area contributed by atoms with E-state index in [1.54, 1.807) is 13.0 Å². The lowest BCUT2D eigenvalue weighted by molar-refractivity contribution is 0.0696. The topological polar surface area (TPSA) is 82.2 Å². The third-order valence-corrected chi connectivity index (χ3v) is 4.01. The van der Waals surface area contributed by atoms with E-state index in [-0.39, 0.29) is 5.56 Å². The van der Waals surface area contributed by atoms with Gasteiger partial charge in [-0.25, -0.2) is 4.79 Å². The van der Waals surface area contributed by atoms with Gasteiger partial charge in [0, 0.05) is 11.4 Å². The Balaban J connectivity index is 2.00. The van der Waals surface area contributed by atoms with Crippen LogP contribution >= 0.6 is 0 Å². The van der Waals surface area contributed by atoms with Gasteiger partial charge in [-0.15, -0.1) is 0 Å². The fourth-order valence-corrected chi connectivity index (χ4v) is 2.97. The molecule has 1 aromatic heterocycles. The predicted molar refractivity (Wildman–Crippen MR) is 85.1 cm³/mol. The van der Waals surface area contributed by atoms with Gasteiger partial charge >= 0.3 is 5.97 Å². The molecular weight excluding hydrogens is 280 g/mol. The Morgan fingerprint density at radius 3 is 2.64 bits per heavy atom. The van der Waals surface area contributed by atoms with Crippen LogP contribution in [-0.4, -0.2) is 16.1 Å². The molecule has 0 saturated carbocycles. The second-order valence-electron chi connectivity index (χ2n) is 5.69. The number of pyridine rings is 1. The van der Waals surface area contributed by atoms with Crippen LogP contribution in [0.1, 0.15) is 40.0 Å². The highest BCUT2D eigenvalue weighted by molar-refractivity contribution is 5.94. The van der Waals surface area contributed by atoms with Crippen LogP contribution in [0.4, 0.5) is 11.4 Å². The smallest absolute Gasteiger partial charge is 0.343 e. The van der Waals surface area contributed by atoms with Gasteiger partial charge in [0.25, 0.3) is 5.56 Å². The summed E-state index contributed by atoms with van der Waals surface area (Å²) >= 11 is 0. The van der Waals surface area contributed by atoms with Crippen molar-refractivity contribution in [3.8, 4) is 0 Å². The monoisotopic (exact) mass is 298 g/mol. The van der Waals surface area contributed by atoms with E-state index in [4.69, 9.17) is 0 Å². The van der Waals surface area contributed by atoms with Crippen LogP contribution in [0.15, 0.2) is 29.1 Å². The number of carboxylic acids is 1. The molecule has 0 aliphatic heterocycles. The highest BCUT2D eigenvalue weighted by atomic mass is 16.4. The zero-order valence-electron chi connectivity index (χ0n) is 12.4. The molecule has 5 nitrogen and oxygen atoms in total. The molecule has 0 bridgehead atoms. The predicted octanol–water partition coefficient (Wildman–Crippen LogP) is 3.00. The van der Waals surface area contributed by atoms with Crippen LogP contribution in [-0.2, 0) is 12.8 Å². The minimum atomic E-state index is -1.23. The lowest BCUT2D eigenvalue weighted by atomic mass is 9.91. The molecule has 2 aromatic rings. The Bertz CT molecular complexity index is 793. The van der Waals surface area contributed by atoms with Gasteiger partial charge in [0.1, 0.15) is 5.56 Å². The van der Waals surface area contributed by atoms with Crippen molar-refractivity contribution < 1.29 is 9.90 Å². The van der Waals surface area contributed by atoms with Gasteiger partial charge < -0.3 is 15.4 Å². The maximum absolute atomic E-state index is 11.8.